The molecule has 3 nitrogen and oxygen atoms in total. The Labute approximate surface area is 121 Å². The molecule has 2 rings (SSSR count). The number of hydrogen-bond acceptors (Lipinski definition) is 3. The molecule has 0 radical (unpaired) electrons. The van der Waals surface area contributed by atoms with E-state index in [1.54, 1.807) is 0 Å². The Bertz CT molecular complexity index is 298. The van der Waals surface area contributed by atoms with E-state index in [1.807, 2.05) is 11.8 Å². The first-order valence-electron chi connectivity index (χ1n) is 7.87. The summed E-state index contributed by atoms with van der Waals surface area (Å²) in [5.41, 5.74) is 6.13. The van der Waals surface area contributed by atoms with Crippen LogP contribution in [0.3, 0.4) is 0 Å². The van der Waals surface area contributed by atoms with E-state index in [-0.39, 0.29) is 11.9 Å². The summed E-state index contributed by atoms with van der Waals surface area (Å²) in [6.07, 6.45) is 9.00. The predicted molar refractivity (Wildman–Crippen MR) is 82.3 cm³/mol. The van der Waals surface area contributed by atoms with Crippen LogP contribution >= 0.6 is 11.8 Å². The fourth-order valence-corrected chi connectivity index (χ4v) is 4.70. The SMILES string of the molecule is CCSC1CCCC1NC(=O)CC1CCCCC1N. The summed E-state index contributed by atoms with van der Waals surface area (Å²) < 4.78 is 0. The first-order chi connectivity index (χ1) is 9.20. The molecule has 4 heteroatoms. The lowest BCUT2D eigenvalue weighted by Crippen LogP contribution is -2.42. The summed E-state index contributed by atoms with van der Waals surface area (Å²) in [6.45, 7) is 2.20. The van der Waals surface area contributed by atoms with Gasteiger partial charge in [0.1, 0.15) is 0 Å². The second kappa shape index (κ2) is 7.53. The van der Waals surface area contributed by atoms with Gasteiger partial charge in [0.05, 0.1) is 0 Å². The Kier molecular flexibility index (Phi) is 6.02. The van der Waals surface area contributed by atoms with Gasteiger partial charge < -0.3 is 11.1 Å². The number of hydrogen-bond donors (Lipinski definition) is 2. The normalized spacial score (nSPS) is 35.3. The number of carbonyl (C=O) groups excluding carboxylic acids is 1. The van der Waals surface area contributed by atoms with Gasteiger partial charge >= 0.3 is 0 Å². The molecular weight excluding hydrogens is 256 g/mol. The van der Waals surface area contributed by atoms with E-state index in [9.17, 15) is 4.79 Å². The molecule has 19 heavy (non-hydrogen) atoms. The first kappa shape index (κ1) is 15.2. The molecule has 0 bridgehead atoms. The molecule has 0 aliphatic heterocycles. The second-order valence-corrected chi connectivity index (χ2v) is 7.53. The van der Waals surface area contributed by atoms with E-state index in [1.165, 1.54) is 25.7 Å². The molecule has 4 atom stereocenters. The van der Waals surface area contributed by atoms with Gasteiger partial charge in [0, 0.05) is 23.8 Å². The lowest BCUT2D eigenvalue weighted by atomic mass is 9.83. The van der Waals surface area contributed by atoms with Crippen molar-refractivity contribution in [1.29, 1.82) is 0 Å². The summed E-state index contributed by atoms with van der Waals surface area (Å²) in [5.74, 6) is 1.79. The second-order valence-electron chi connectivity index (χ2n) is 6.01. The van der Waals surface area contributed by atoms with Gasteiger partial charge in [0.15, 0.2) is 0 Å². The van der Waals surface area contributed by atoms with Crippen molar-refractivity contribution in [3.05, 3.63) is 0 Å². The van der Waals surface area contributed by atoms with Crippen LogP contribution in [0.2, 0.25) is 0 Å². The molecule has 0 aromatic rings. The minimum Gasteiger partial charge on any atom is -0.352 e. The third-order valence-electron chi connectivity index (χ3n) is 4.60. The zero-order valence-corrected chi connectivity index (χ0v) is 12.9. The molecule has 2 fully saturated rings. The van der Waals surface area contributed by atoms with Crippen LogP contribution in [0.5, 0.6) is 0 Å². The smallest absolute Gasteiger partial charge is 0.220 e. The van der Waals surface area contributed by atoms with Crippen LogP contribution < -0.4 is 11.1 Å². The Hall–Kier alpha value is -0.220. The van der Waals surface area contributed by atoms with Crippen LogP contribution in [0.15, 0.2) is 0 Å². The standard InChI is InChI=1S/C15H28N2OS/c1-2-19-14-9-5-8-13(14)17-15(18)10-11-6-3-4-7-12(11)16/h11-14H,2-10,16H2,1H3,(H,17,18). The number of nitrogens with one attached hydrogen (secondary N) is 1. The maximum absolute atomic E-state index is 12.2. The predicted octanol–water partition coefficient (Wildman–Crippen LogP) is 2.68. The van der Waals surface area contributed by atoms with Gasteiger partial charge in [-0.25, -0.2) is 0 Å². The number of thioether (sulfide) groups is 1. The number of rotatable bonds is 5. The molecule has 0 aromatic heterocycles. The quantitative estimate of drug-likeness (QED) is 0.816. The van der Waals surface area contributed by atoms with E-state index in [0.29, 0.717) is 23.6 Å². The van der Waals surface area contributed by atoms with Crippen LogP contribution in [0.4, 0.5) is 0 Å². The van der Waals surface area contributed by atoms with Gasteiger partial charge in [0.25, 0.3) is 0 Å². The van der Waals surface area contributed by atoms with Crippen LogP contribution in [0.1, 0.15) is 58.3 Å². The van der Waals surface area contributed by atoms with Crippen LogP contribution in [-0.2, 0) is 4.79 Å². The summed E-state index contributed by atoms with van der Waals surface area (Å²) in [7, 11) is 0. The molecule has 0 saturated heterocycles. The van der Waals surface area contributed by atoms with Crippen molar-refractivity contribution < 1.29 is 4.79 Å². The molecule has 2 aliphatic rings. The maximum atomic E-state index is 12.2. The maximum Gasteiger partial charge on any atom is 0.220 e. The van der Waals surface area contributed by atoms with E-state index >= 15 is 0 Å². The van der Waals surface area contributed by atoms with Gasteiger partial charge in [-0.1, -0.05) is 26.2 Å². The number of nitrogens with two attached hydrogens (primary N) is 1. The van der Waals surface area contributed by atoms with Crippen molar-refractivity contribution in [2.75, 3.05) is 5.75 Å². The number of carbonyl (C=O) groups is 1. The van der Waals surface area contributed by atoms with E-state index in [0.717, 1.165) is 25.0 Å². The van der Waals surface area contributed by atoms with Gasteiger partial charge in [0.2, 0.25) is 5.91 Å². The highest BCUT2D eigenvalue weighted by Crippen LogP contribution is 2.30. The molecule has 0 aromatic carbocycles. The summed E-state index contributed by atoms with van der Waals surface area (Å²) in [5, 5.41) is 3.90. The summed E-state index contributed by atoms with van der Waals surface area (Å²) in [4.78, 5) is 12.2. The zero-order chi connectivity index (χ0) is 13.7. The van der Waals surface area contributed by atoms with Crippen molar-refractivity contribution in [2.24, 2.45) is 11.7 Å². The van der Waals surface area contributed by atoms with E-state index in [4.69, 9.17) is 5.73 Å². The van der Waals surface area contributed by atoms with Crippen molar-refractivity contribution in [3.8, 4) is 0 Å². The van der Waals surface area contributed by atoms with Gasteiger partial charge in [-0.3, -0.25) is 4.79 Å². The Balaban J connectivity index is 1.77. The number of amides is 1. The largest absolute Gasteiger partial charge is 0.352 e. The van der Waals surface area contributed by atoms with Gasteiger partial charge in [-0.15, -0.1) is 0 Å². The minimum atomic E-state index is 0.232. The molecule has 110 valence electrons. The minimum absolute atomic E-state index is 0.232. The van der Waals surface area contributed by atoms with Crippen molar-refractivity contribution in [2.45, 2.75) is 75.6 Å². The first-order valence-corrected chi connectivity index (χ1v) is 8.92. The highest BCUT2D eigenvalue weighted by molar-refractivity contribution is 7.99. The highest BCUT2D eigenvalue weighted by Gasteiger charge is 2.30. The molecule has 2 aliphatic carbocycles. The average molecular weight is 284 g/mol. The molecule has 2 saturated carbocycles. The molecular formula is C15H28N2OS. The Morgan fingerprint density at radius 1 is 1.21 bits per heavy atom. The fraction of sp³-hybridized carbons (Fsp3) is 0.933. The third-order valence-corrected chi connectivity index (χ3v) is 5.92. The van der Waals surface area contributed by atoms with Crippen LogP contribution in [-0.4, -0.2) is 29.0 Å². The summed E-state index contributed by atoms with van der Waals surface area (Å²) >= 11 is 2.00. The topological polar surface area (TPSA) is 55.1 Å². The lowest BCUT2D eigenvalue weighted by Gasteiger charge is -2.29. The summed E-state index contributed by atoms with van der Waals surface area (Å²) in [6, 6.07) is 0.640. The molecule has 1 amide bonds. The molecule has 4 unspecified atom stereocenters. The van der Waals surface area contributed by atoms with E-state index in [2.05, 4.69) is 12.2 Å². The highest BCUT2D eigenvalue weighted by atomic mass is 32.2. The van der Waals surface area contributed by atoms with Crippen LogP contribution in [0, 0.1) is 5.92 Å². The zero-order valence-electron chi connectivity index (χ0n) is 12.1. The average Bonchev–Trinajstić information content (AvgIpc) is 2.80. The van der Waals surface area contributed by atoms with Gasteiger partial charge in [-0.2, -0.15) is 11.8 Å². The molecule has 3 N–H and O–H groups in total. The lowest BCUT2D eigenvalue weighted by molar-refractivity contribution is -0.123. The van der Waals surface area contributed by atoms with Gasteiger partial charge in [-0.05, 0) is 37.4 Å². The monoisotopic (exact) mass is 284 g/mol. The fourth-order valence-electron chi connectivity index (χ4n) is 3.50. The Morgan fingerprint density at radius 2 is 2.00 bits per heavy atom. The Morgan fingerprint density at radius 3 is 2.74 bits per heavy atom. The van der Waals surface area contributed by atoms with Crippen LogP contribution in [0.25, 0.3) is 0 Å². The molecule has 0 heterocycles. The molecule has 0 spiro atoms. The van der Waals surface area contributed by atoms with Crippen molar-refractivity contribution >= 4 is 17.7 Å². The van der Waals surface area contributed by atoms with Crippen molar-refractivity contribution in [3.63, 3.8) is 0 Å². The third kappa shape index (κ3) is 4.38. The van der Waals surface area contributed by atoms with E-state index < -0.39 is 0 Å². The van der Waals surface area contributed by atoms with Crippen molar-refractivity contribution in [1.82, 2.24) is 5.32 Å².